The van der Waals surface area contributed by atoms with Crippen molar-refractivity contribution in [2.75, 3.05) is 0 Å². The Balaban J connectivity index is 2.17. The Morgan fingerprint density at radius 3 is 2.32 bits per heavy atom. The first kappa shape index (κ1) is 11.9. The molecule has 2 aliphatic rings. The van der Waals surface area contributed by atoms with Crippen LogP contribution in [0.5, 0.6) is 0 Å². The Morgan fingerprint density at radius 1 is 1.11 bits per heavy atom. The highest BCUT2D eigenvalue weighted by Gasteiger charge is 2.33. The summed E-state index contributed by atoms with van der Waals surface area (Å²) < 4.78 is 0. The number of carbonyl (C=O) groups is 2. The zero-order chi connectivity index (χ0) is 13.6. The molecule has 96 valence electrons. The molecule has 3 rings (SSSR count). The van der Waals surface area contributed by atoms with Gasteiger partial charge in [0, 0.05) is 40.4 Å². The van der Waals surface area contributed by atoms with Gasteiger partial charge in [0.2, 0.25) is 0 Å². The normalized spacial score (nSPS) is 22.6. The molecule has 0 bridgehead atoms. The fourth-order valence-electron chi connectivity index (χ4n) is 2.85. The standard InChI is InChI=1S/C16H15NO2/c1-9-7-13-14(8-10(2)17-9)16(19)12-6-4-3-5-11(12)15(13)18/h3-6,10,17H,1,7-8H2,2H3/t10-/m0/s1. The van der Waals surface area contributed by atoms with Crippen LogP contribution in [0.25, 0.3) is 0 Å². The maximum atomic E-state index is 12.5. The van der Waals surface area contributed by atoms with E-state index in [1.807, 2.05) is 6.92 Å². The zero-order valence-corrected chi connectivity index (χ0v) is 10.8. The molecular weight excluding hydrogens is 238 g/mol. The first-order chi connectivity index (χ1) is 9.08. The molecule has 0 amide bonds. The number of Topliss-reactive ketones (excluding diaryl/α,β-unsaturated/α-hetero) is 2. The number of carbonyl (C=O) groups excluding carboxylic acids is 2. The second-order valence-electron chi connectivity index (χ2n) is 5.19. The third-order valence-corrected chi connectivity index (χ3v) is 3.68. The highest BCUT2D eigenvalue weighted by atomic mass is 16.1. The number of allylic oxidation sites excluding steroid dienone is 1. The molecule has 1 N–H and O–H groups in total. The van der Waals surface area contributed by atoms with Crippen LogP contribution in [0.2, 0.25) is 0 Å². The molecule has 0 unspecified atom stereocenters. The number of hydrogen-bond donors (Lipinski definition) is 1. The van der Waals surface area contributed by atoms with Crippen LogP contribution in [0.1, 0.15) is 40.5 Å². The molecule has 1 aliphatic carbocycles. The molecule has 0 aromatic heterocycles. The van der Waals surface area contributed by atoms with Gasteiger partial charge in [-0.15, -0.1) is 0 Å². The van der Waals surface area contributed by atoms with Gasteiger partial charge in [0.15, 0.2) is 11.6 Å². The smallest absolute Gasteiger partial charge is 0.190 e. The van der Waals surface area contributed by atoms with Crippen molar-refractivity contribution in [3.8, 4) is 0 Å². The van der Waals surface area contributed by atoms with Gasteiger partial charge in [0.1, 0.15) is 0 Å². The maximum Gasteiger partial charge on any atom is 0.190 e. The first-order valence-corrected chi connectivity index (χ1v) is 6.42. The molecule has 1 atom stereocenters. The van der Waals surface area contributed by atoms with Gasteiger partial charge in [-0.3, -0.25) is 9.59 Å². The van der Waals surface area contributed by atoms with Crippen molar-refractivity contribution in [3.05, 3.63) is 58.8 Å². The Morgan fingerprint density at radius 2 is 1.68 bits per heavy atom. The molecule has 0 saturated carbocycles. The highest BCUT2D eigenvalue weighted by Crippen LogP contribution is 2.33. The van der Waals surface area contributed by atoms with Crippen LogP contribution in [-0.2, 0) is 0 Å². The lowest BCUT2D eigenvalue weighted by Crippen LogP contribution is -2.25. The van der Waals surface area contributed by atoms with E-state index in [0.29, 0.717) is 35.1 Å². The van der Waals surface area contributed by atoms with Crippen molar-refractivity contribution in [1.82, 2.24) is 5.32 Å². The van der Waals surface area contributed by atoms with E-state index in [4.69, 9.17) is 0 Å². The molecular formula is C16H15NO2. The molecule has 1 aromatic carbocycles. The minimum absolute atomic E-state index is 0.00597. The van der Waals surface area contributed by atoms with E-state index in [-0.39, 0.29) is 17.6 Å². The molecule has 0 saturated heterocycles. The Hall–Kier alpha value is -2.16. The minimum Gasteiger partial charge on any atom is -0.386 e. The van der Waals surface area contributed by atoms with Crippen molar-refractivity contribution in [2.24, 2.45) is 0 Å². The van der Waals surface area contributed by atoms with E-state index < -0.39 is 0 Å². The van der Waals surface area contributed by atoms with Crippen molar-refractivity contribution in [1.29, 1.82) is 0 Å². The third kappa shape index (κ3) is 1.82. The van der Waals surface area contributed by atoms with E-state index in [9.17, 15) is 9.59 Å². The second kappa shape index (κ2) is 4.19. The number of benzene rings is 1. The number of nitrogens with one attached hydrogen (secondary N) is 1. The van der Waals surface area contributed by atoms with E-state index >= 15 is 0 Å². The largest absolute Gasteiger partial charge is 0.386 e. The van der Waals surface area contributed by atoms with Gasteiger partial charge >= 0.3 is 0 Å². The summed E-state index contributed by atoms with van der Waals surface area (Å²) in [6.07, 6.45) is 1.02. The molecule has 3 nitrogen and oxygen atoms in total. The SMILES string of the molecule is C=C1CC2=C(C[C@H](C)N1)C(=O)c1ccccc1C2=O. The van der Waals surface area contributed by atoms with Gasteiger partial charge in [-0.2, -0.15) is 0 Å². The lowest BCUT2D eigenvalue weighted by atomic mass is 9.81. The summed E-state index contributed by atoms with van der Waals surface area (Å²) in [6, 6.07) is 7.18. The molecule has 1 aromatic rings. The third-order valence-electron chi connectivity index (χ3n) is 3.68. The molecule has 0 radical (unpaired) electrons. The van der Waals surface area contributed by atoms with E-state index in [1.54, 1.807) is 24.3 Å². The van der Waals surface area contributed by atoms with Gasteiger partial charge in [0.25, 0.3) is 0 Å². The highest BCUT2D eigenvalue weighted by molar-refractivity contribution is 6.27. The van der Waals surface area contributed by atoms with Crippen LogP contribution in [0, 0.1) is 0 Å². The summed E-state index contributed by atoms with van der Waals surface area (Å²) in [5.41, 5.74) is 3.13. The summed E-state index contributed by atoms with van der Waals surface area (Å²) in [7, 11) is 0. The molecule has 0 spiro atoms. The molecule has 1 heterocycles. The number of ketones is 2. The fraction of sp³-hybridized carbons (Fsp3) is 0.250. The number of rotatable bonds is 0. The topological polar surface area (TPSA) is 46.2 Å². The van der Waals surface area contributed by atoms with E-state index in [1.165, 1.54) is 0 Å². The van der Waals surface area contributed by atoms with E-state index in [0.717, 1.165) is 5.70 Å². The summed E-state index contributed by atoms with van der Waals surface area (Å²) in [6.45, 7) is 5.92. The predicted octanol–water partition coefficient (Wildman–Crippen LogP) is 2.65. The van der Waals surface area contributed by atoms with Crippen molar-refractivity contribution >= 4 is 11.6 Å². The quantitative estimate of drug-likeness (QED) is 0.773. The molecule has 0 fully saturated rings. The Labute approximate surface area is 112 Å². The number of fused-ring (bicyclic) bond motifs is 1. The van der Waals surface area contributed by atoms with Gasteiger partial charge in [-0.1, -0.05) is 30.8 Å². The fourth-order valence-corrected chi connectivity index (χ4v) is 2.85. The van der Waals surface area contributed by atoms with Gasteiger partial charge in [-0.05, 0) is 13.3 Å². The maximum absolute atomic E-state index is 12.5. The monoisotopic (exact) mass is 253 g/mol. The van der Waals surface area contributed by atoms with Gasteiger partial charge in [-0.25, -0.2) is 0 Å². The first-order valence-electron chi connectivity index (χ1n) is 6.42. The van der Waals surface area contributed by atoms with Crippen molar-refractivity contribution < 1.29 is 9.59 Å². The van der Waals surface area contributed by atoms with Gasteiger partial charge < -0.3 is 5.32 Å². The average Bonchev–Trinajstić information content (AvgIpc) is 2.54. The minimum atomic E-state index is -0.0257. The van der Waals surface area contributed by atoms with Crippen molar-refractivity contribution in [3.63, 3.8) is 0 Å². The summed E-state index contributed by atoms with van der Waals surface area (Å²) in [4.78, 5) is 25.1. The average molecular weight is 253 g/mol. The lowest BCUT2D eigenvalue weighted by Gasteiger charge is -2.19. The molecule has 3 heteroatoms. The predicted molar refractivity (Wildman–Crippen MR) is 73.1 cm³/mol. The lowest BCUT2D eigenvalue weighted by molar-refractivity contribution is 0.0970. The second-order valence-corrected chi connectivity index (χ2v) is 5.19. The van der Waals surface area contributed by atoms with Crippen LogP contribution < -0.4 is 5.32 Å². The Kier molecular flexibility index (Phi) is 2.63. The van der Waals surface area contributed by atoms with E-state index in [2.05, 4.69) is 11.9 Å². The van der Waals surface area contributed by atoms with Crippen LogP contribution >= 0.6 is 0 Å². The number of hydrogen-bond acceptors (Lipinski definition) is 3. The Bertz CT molecular complexity index is 640. The molecule has 19 heavy (non-hydrogen) atoms. The van der Waals surface area contributed by atoms with Crippen molar-refractivity contribution in [2.45, 2.75) is 25.8 Å². The summed E-state index contributed by atoms with van der Waals surface area (Å²) in [5, 5.41) is 3.23. The van der Waals surface area contributed by atoms with Crippen LogP contribution in [0.15, 0.2) is 47.7 Å². The summed E-state index contributed by atoms with van der Waals surface area (Å²) >= 11 is 0. The molecule has 1 aliphatic heterocycles. The van der Waals surface area contributed by atoms with Crippen LogP contribution in [0.4, 0.5) is 0 Å². The van der Waals surface area contributed by atoms with Crippen LogP contribution in [-0.4, -0.2) is 17.6 Å². The van der Waals surface area contributed by atoms with Gasteiger partial charge in [0.05, 0.1) is 0 Å². The summed E-state index contributed by atoms with van der Waals surface area (Å²) in [5.74, 6) is -0.0317. The van der Waals surface area contributed by atoms with Crippen LogP contribution in [0.3, 0.4) is 0 Å². The zero-order valence-electron chi connectivity index (χ0n) is 10.8.